The molecule has 0 aliphatic carbocycles. The quantitative estimate of drug-likeness (QED) is 0.744. The molecular formula is C21H29N3O4S. The number of aromatic nitrogens is 2. The molecule has 1 fully saturated rings. The van der Waals surface area contributed by atoms with Gasteiger partial charge in [-0.05, 0) is 57.7 Å². The first kappa shape index (κ1) is 21.5. The van der Waals surface area contributed by atoms with E-state index < -0.39 is 15.1 Å². The Kier molecular flexibility index (Phi) is 6.74. The van der Waals surface area contributed by atoms with Crippen LogP contribution in [0.3, 0.4) is 0 Å². The molecule has 0 radical (unpaired) electrons. The predicted molar refractivity (Wildman–Crippen MR) is 110 cm³/mol. The molecular weight excluding hydrogens is 390 g/mol. The fourth-order valence-corrected chi connectivity index (χ4v) is 5.43. The monoisotopic (exact) mass is 419 g/mol. The normalized spacial score (nSPS) is 19.8. The fraction of sp³-hybridized carbons (Fsp3) is 0.524. The number of ether oxygens (including phenoxy) is 1. The average Bonchev–Trinajstić information content (AvgIpc) is 2.95. The van der Waals surface area contributed by atoms with Crippen molar-refractivity contribution in [3.63, 3.8) is 0 Å². The standard InChI is InChI=1S/C21H29N3O4S/c1-15-16(2)23-24(17(15)3)14-21(25)22-11-9-18-13-20(10-12-28-18)29(26,27)19-7-5-4-6-8-19/h4-8,18,20H,9-14H2,1-3H3,(H,22,25)/t18-,20+/m1/s1. The van der Waals surface area contributed by atoms with E-state index in [1.54, 1.807) is 28.9 Å². The molecule has 1 aliphatic heterocycles. The summed E-state index contributed by atoms with van der Waals surface area (Å²) in [6, 6.07) is 8.57. The molecule has 0 bridgehead atoms. The second-order valence-corrected chi connectivity index (χ2v) is 9.82. The van der Waals surface area contributed by atoms with Gasteiger partial charge in [-0.1, -0.05) is 18.2 Å². The summed E-state index contributed by atoms with van der Waals surface area (Å²) in [6.07, 6.45) is 1.35. The highest BCUT2D eigenvalue weighted by molar-refractivity contribution is 7.92. The molecule has 3 rings (SSSR count). The number of hydrogen-bond donors (Lipinski definition) is 1. The summed E-state index contributed by atoms with van der Waals surface area (Å²) >= 11 is 0. The summed E-state index contributed by atoms with van der Waals surface area (Å²) in [5.74, 6) is -0.111. The number of carbonyl (C=O) groups is 1. The Balaban J connectivity index is 1.49. The Morgan fingerprint density at radius 2 is 1.97 bits per heavy atom. The van der Waals surface area contributed by atoms with Gasteiger partial charge in [0.2, 0.25) is 5.91 Å². The van der Waals surface area contributed by atoms with Gasteiger partial charge in [-0.2, -0.15) is 5.10 Å². The molecule has 29 heavy (non-hydrogen) atoms. The number of carbonyl (C=O) groups excluding carboxylic acids is 1. The van der Waals surface area contributed by atoms with Crippen LogP contribution in [0.15, 0.2) is 35.2 Å². The van der Waals surface area contributed by atoms with Crippen molar-refractivity contribution in [3.8, 4) is 0 Å². The summed E-state index contributed by atoms with van der Waals surface area (Å²) < 4.78 is 33.1. The van der Waals surface area contributed by atoms with Crippen molar-refractivity contribution in [2.45, 2.75) is 62.8 Å². The molecule has 0 saturated carbocycles. The first-order chi connectivity index (χ1) is 13.8. The van der Waals surface area contributed by atoms with Gasteiger partial charge in [-0.15, -0.1) is 0 Å². The number of rotatable bonds is 7. The molecule has 1 aromatic carbocycles. The van der Waals surface area contributed by atoms with Gasteiger partial charge in [-0.25, -0.2) is 8.42 Å². The third-order valence-electron chi connectivity index (χ3n) is 5.65. The smallest absolute Gasteiger partial charge is 0.241 e. The maximum absolute atomic E-state index is 12.8. The van der Waals surface area contributed by atoms with Gasteiger partial charge in [0, 0.05) is 18.8 Å². The second-order valence-electron chi connectivity index (χ2n) is 7.59. The predicted octanol–water partition coefficient (Wildman–Crippen LogP) is 2.34. The van der Waals surface area contributed by atoms with Crippen molar-refractivity contribution >= 4 is 15.7 Å². The van der Waals surface area contributed by atoms with Crippen LogP contribution >= 0.6 is 0 Å². The zero-order valence-electron chi connectivity index (χ0n) is 17.2. The number of benzene rings is 1. The van der Waals surface area contributed by atoms with E-state index in [9.17, 15) is 13.2 Å². The summed E-state index contributed by atoms with van der Waals surface area (Å²) in [7, 11) is -3.36. The summed E-state index contributed by atoms with van der Waals surface area (Å²) in [5, 5.41) is 6.82. The van der Waals surface area contributed by atoms with Gasteiger partial charge in [0.1, 0.15) is 6.54 Å². The third kappa shape index (κ3) is 5.05. The van der Waals surface area contributed by atoms with Crippen LogP contribution in [0.2, 0.25) is 0 Å². The van der Waals surface area contributed by atoms with E-state index in [1.807, 2.05) is 26.8 Å². The molecule has 8 heteroatoms. The fourth-order valence-electron chi connectivity index (χ4n) is 3.64. The maximum Gasteiger partial charge on any atom is 0.241 e. The average molecular weight is 420 g/mol. The SMILES string of the molecule is Cc1nn(CC(=O)NCC[C@@H]2C[C@@H](S(=O)(=O)c3ccccc3)CCO2)c(C)c1C. The van der Waals surface area contributed by atoms with Crippen LogP contribution in [-0.2, 0) is 25.9 Å². The zero-order valence-corrected chi connectivity index (χ0v) is 18.0. The molecule has 7 nitrogen and oxygen atoms in total. The number of hydrogen-bond acceptors (Lipinski definition) is 5. The molecule has 1 aliphatic rings. The highest BCUT2D eigenvalue weighted by atomic mass is 32.2. The Bertz CT molecular complexity index is 954. The van der Waals surface area contributed by atoms with Crippen molar-refractivity contribution in [2.24, 2.45) is 0 Å². The molecule has 2 atom stereocenters. The van der Waals surface area contributed by atoms with Crippen LogP contribution in [0.25, 0.3) is 0 Å². The summed E-state index contributed by atoms with van der Waals surface area (Å²) in [5.41, 5.74) is 3.01. The largest absolute Gasteiger partial charge is 0.378 e. The Morgan fingerprint density at radius 3 is 2.62 bits per heavy atom. The van der Waals surface area contributed by atoms with Gasteiger partial charge >= 0.3 is 0 Å². The molecule has 1 aromatic heterocycles. The first-order valence-electron chi connectivity index (χ1n) is 9.97. The van der Waals surface area contributed by atoms with Gasteiger partial charge in [0.05, 0.1) is 21.9 Å². The van der Waals surface area contributed by atoms with E-state index in [-0.39, 0.29) is 18.6 Å². The van der Waals surface area contributed by atoms with Crippen molar-refractivity contribution in [2.75, 3.05) is 13.2 Å². The van der Waals surface area contributed by atoms with Crippen LogP contribution in [0.5, 0.6) is 0 Å². The van der Waals surface area contributed by atoms with E-state index >= 15 is 0 Å². The summed E-state index contributed by atoms with van der Waals surface area (Å²) in [4.78, 5) is 12.6. The maximum atomic E-state index is 12.8. The number of amides is 1. The first-order valence-corrected chi connectivity index (χ1v) is 11.5. The summed E-state index contributed by atoms with van der Waals surface area (Å²) in [6.45, 7) is 6.91. The van der Waals surface area contributed by atoms with Gasteiger partial charge in [0.15, 0.2) is 9.84 Å². The van der Waals surface area contributed by atoms with E-state index in [1.165, 1.54) is 0 Å². The van der Waals surface area contributed by atoms with E-state index in [4.69, 9.17) is 4.74 Å². The van der Waals surface area contributed by atoms with E-state index in [2.05, 4.69) is 10.4 Å². The number of nitrogens with one attached hydrogen (secondary N) is 1. The van der Waals surface area contributed by atoms with Crippen molar-refractivity contribution < 1.29 is 17.9 Å². The molecule has 1 saturated heterocycles. The third-order valence-corrected chi connectivity index (χ3v) is 7.89. The minimum absolute atomic E-state index is 0.111. The lowest BCUT2D eigenvalue weighted by atomic mass is 10.1. The molecule has 1 N–H and O–H groups in total. The molecule has 1 amide bonds. The lowest BCUT2D eigenvalue weighted by molar-refractivity contribution is -0.122. The minimum atomic E-state index is -3.36. The number of sulfone groups is 1. The van der Waals surface area contributed by atoms with Crippen molar-refractivity contribution in [3.05, 3.63) is 47.3 Å². The van der Waals surface area contributed by atoms with Crippen LogP contribution in [0.1, 0.15) is 36.2 Å². The van der Waals surface area contributed by atoms with Crippen molar-refractivity contribution in [1.29, 1.82) is 0 Å². The van der Waals surface area contributed by atoms with E-state index in [0.717, 1.165) is 17.0 Å². The highest BCUT2D eigenvalue weighted by Gasteiger charge is 2.33. The van der Waals surface area contributed by atoms with E-state index in [0.29, 0.717) is 37.3 Å². The lowest BCUT2D eigenvalue weighted by Gasteiger charge is -2.29. The molecule has 2 aromatic rings. The van der Waals surface area contributed by atoms with Crippen LogP contribution in [-0.4, -0.2) is 48.6 Å². The zero-order chi connectivity index (χ0) is 21.0. The van der Waals surface area contributed by atoms with Gasteiger partial charge < -0.3 is 10.1 Å². The molecule has 2 heterocycles. The van der Waals surface area contributed by atoms with Crippen LogP contribution in [0.4, 0.5) is 0 Å². The number of aryl methyl sites for hydroxylation is 1. The lowest BCUT2D eigenvalue weighted by Crippen LogP contribution is -2.37. The molecule has 0 unspecified atom stereocenters. The topological polar surface area (TPSA) is 90.3 Å². The molecule has 158 valence electrons. The second kappa shape index (κ2) is 9.09. The highest BCUT2D eigenvalue weighted by Crippen LogP contribution is 2.27. The van der Waals surface area contributed by atoms with Crippen LogP contribution in [0, 0.1) is 20.8 Å². The van der Waals surface area contributed by atoms with Gasteiger partial charge in [-0.3, -0.25) is 9.48 Å². The Hall–Kier alpha value is -2.19. The minimum Gasteiger partial charge on any atom is -0.378 e. The molecule has 0 spiro atoms. The Labute approximate surface area is 172 Å². The van der Waals surface area contributed by atoms with Crippen molar-refractivity contribution in [1.82, 2.24) is 15.1 Å². The number of nitrogens with zero attached hydrogens (tertiary/aromatic N) is 2. The Morgan fingerprint density at radius 1 is 1.24 bits per heavy atom. The van der Waals surface area contributed by atoms with Gasteiger partial charge in [0.25, 0.3) is 0 Å². The van der Waals surface area contributed by atoms with Crippen LogP contribution < -0.4 is 5.32 Å².